The lowest BCUT2D eigenvalue weighted by atomic mass is 10.1. The summed E-state index contributed by atoms with van der Waals surface area (Å²) in [6.45, 7) is -1.20. The van der Waals surface area contributed by atoms with E-state index in [1.54, 1.807) is 6.92 Å². The molecule has 0 fully saturated rings. The molecule has 0 aliphatic heterocycles. The lowest BCUT2D eigenvalue weighted by molar-refractivity contribution is -0.142. The summed E-state index contributed by atoms with van der Waals surface area (Å²) >= 11 is 0. The molecule has 0 aliphatic rings. The number of carbonyl (C=O) groups is 1. The van der Waals surface area contributed by atoms with E-state index in [1.165, 1.54) is 0 Å². The van der Waals surface area contributed by atoms with E-state index >= 15 is 0 Å². The first-order valence-corrected chi connectivity index (χ1v) is 4.91. The average Bonchev–Trinajstić information content (AvgIpc) is 2.22. The molecule has 0 bridgehead atoms. The molecule has 94 valence electrons. The fourth-order valence-electron chi connectivity index (χ4n) is 1.23. The minimum Gasteiger partial charge on any atom is -0.466 e. The summed E-state index contributed by atoms with van der Waals surface area (Å²) in [5.41, 5.74) is -0.0402. The van der Waals surface area contributed by atoms with Crippen LogP contribution in [-0.4, -0.2) is 19.2 Å². The van der Waals surface area contributed by atoms with Gasteiger partial charge in [-0.05, 0) is 25.1 Å². The van der Waals surface area contributed by atoms with Crippen LogP contribution >= 0.6 is 0 Å². The van der Waals surface area contributed by atoms with Crippen LogP contribution in [-0.2, 0) is 16.0 Å². The molecule has 0 aliphatic carbocycles. The van der Waals surface area contributed by atoms with Crippen LogP contribution in [0, 0.1) is 5.82 Å². The van der Waals surface area contributed by atoms with Crippen molar-refractivity contribution in [3.63, 3.8) is 0 Å². The van der Waals surface area contributed by atoms with Gasteiger partial charge in [-0.15, -0.1) is 0 Å². The van der Waals surface area contributed by atoms with E-state index in [0.29, 0.717) is 0 Å². The molecule has 0 atom stereocenters. The molecule has 0 unspecified atom stereocenters. The Hall–Kier alpha value is -1.72. The summed E-state index contributed by atoms with van der Waals surface area (Å²) in [5.74, 6) is -1.49. The van der Waals surface area contributed by atoms with E-state index in [9.17, 15) is 18.0 Å². The Labute approximate surface area is 96.1 Å². The highest BCUT2D eigenvalue weighted by atomic mass is 19.3. The van der Waals surface area contributed by atoms with Gasteiger partial charge in [-0.2, -0.15) is 8.78 Å². The van der Waals surface area contributed by atoms with Gasteiger partial charge in [0.25, 0.3) is 0 Å². The van der Waals surface area contributed by atoms with E-state index in [4.69, 9.17) is 0 Å². The van der Waals surface area contributed by atoms with E-state index in [0.717, 1.165) is 18.2 Å². The van der Waals surface area contributed by atoms with Crippen LogP contribution < -0.4 is 4.74 Å². The summed E-state index contributed by atoms with van der Waals surface area (Å²) in [6, 6.07) is 3.08. The van der Waals surface area contributed by atoms with Gasteiger partial charge in [0.2, 0.25) is 0 Å². The van der Waals surface area contributed by atoms with Crippen LogP contribution in [0.3, 0.4) is 0 Å². The molecule has 1 rings (SSSR count). The molecule has 17 heavy (non-hydrogen) atoms. The van der Waals surface area contributed by atoms with Crippen molar-refractivity contribution in [2.75, 3.05) is 6.61 Å². The second kappa shape index (κ2) is 6.12. The average molecular weight is 248 g/mol. The minimum atomic E-state index is -2.99. The Morgan fingerprint density at radius 3 is 2.71 bits per heavy atom. The molecule has 0 amide bonds. The molecule has 0 radical (unpaired) electrons. The molecule has 3 nitrogen and oxygen atoms in total. The SMILES string of the molecule is CCOC(=O)Cc1cc(OC(F)F)ccc1F. The topological polar surface area (TPSA) is 35.5 Å². The number of hydrogen-bond acceptors (Lipinski definition) is 3. The van der Waals surface area contributed by atoms with Crippen molar-refractivity contribution in [2.24, 2.45) is 0 Å². The summed E-state index contributed by atoms with van der Waals surface area (Å²) < 4.78 is 45.8. The second-order valence-electron chi connectivity index (χ2n) is 3.11. The monoisotopic (exact) mass is 248 g/mol. The third kappa shape index (κ3) is 4.34. The van der Waals surface area contributed by atoms with Gasteiger partial charge in [-0.1, -0.05) is 0 Å². The van der Waals surface area contributed by atoms with Gasteiger partial charge >= 0.3 is 12.6 Å². The van der Waals surface area contributed by atoms with Gasteiger partial charge in [0.1, 0.15) is 11.6 Å². The largest absolute Gasteiger partial charge is 0.466 e. The fraction of sp³-hybridized carbons (Fsp3) is 0.364. The first-order chi connectivity index (χ1) is 8.02. The van der Waals surface area contributed by atoms with Crippen molar-refractivity contribution in [1.82, 2.24) is 0 Å². The quantitative estimate of drug-likeness (QED) is 0.751. The molecular formula is C11H11F3O3. The van der Waals surface area contributed by atoms with Crippen molar-refractivity contribution in [2.45, 2.75) is 20.0 Å². The normalized spacial score (nSPS) is 10.4. The van der Waals surface area contributed by atoms with Crippen LogP contribution in [0.2, 0.25) is 0 Å². The number of benzene rings is 1. The zero-order chi connectivity index (χ0) is 12.8. The zero-order valence-corrected chi connectivity index (χ0v) is 9.08. The number of halogens is 3. The number of hydrogen-bond donors (Lipinski definition) is 0. The van der Waals surface area contributed by atoms with Crippen LogP contribution in [0.4, 0.5) is 13.2 Å². The maximum absolute atomic E-state index is 13.3. The Bertz CT molecular complexity index is 394. The predicted octanol–water partition coefficient (Wildman–Crippen LogP) is 2.53. The molecule has 6 heteroatoms. The summed E-state index contributed by atoms with van der Waals surface area (Å²) in [5, 5.41) is 0. The smallest absolute Gasteiger partial charge is 0.387 e. The number of carbonyl (C=O) groups excluding carboxylic acids is 1. The van der Waals surface area contributed by atoms with Crippen molar-refractivity contribution >= 4 is 5.97 Å². The van der Waals surface area contributed by atoms with E-state index in [1.807, 2.05) is 0 Å². The van der Waals surface area contributed by atoms with Crippen LogP contribution in [0.15, 0.2) is 18.2 Å². The van der Waals surface area contributed by atoms with E-state index in [2.05, 4.69) is 9.47 Å². The van der Waals surface area contributed by atoms with Crippen LogP contribution in [0.25, 0.3) is 0 Å². The molecule has 0 aromatic heterocycles. The van der Waals surface area contributed by atoms with Gasteiger partial charge in [-0.25, -0.2) is 4.39 Å². The molecule has 0 heterocycles. The summed E-state index contributed by atoms with van der Waals surface area (Å²) in [7, 11) is 0. The third-order valence-corrected chi connectivity index (χ3v) is 1.88. The highest BCUT2D eigenvalue weighted by Crippen LogP contribution is 2.19. The van der Waals surface area contributed by atoms with E-state index < -0.39 is 18.4 Å². The van der Waals surface area contributed by atoms with Gasteiger partial charge in [0.15, 0.2) is 0 Å². The molecule has 0 saturated carbocycles. The number of rotatable bonds is 5. The van der Waals surface area contributed by atoms with Gasteiger partial charge < -0.3 is 9.47 Å². The first kappa shape index (κ1) is 13.3. The van der Waals surface area contributed by atoms with Crippen molar-refractivity contribution in [1.29, 1.82) is 0 Å². The lowest BCUT2D eigenvalue weighted by Gasteiger charge is -2.07. The maximum Gasteiger partial charge on any atom is 0.387 e. The maximum atomic E-state index is 13.3. The molecule has 1 aromatic carbocycles. The van der Waals surface area contributed by atoms with Gasteiger partial charge in [0, 0.05) is 5.56 Å². The molecular weight excluding hydrogens is 237 g/mol. The Balaban J connectivity index is 2.79. The van der Waals surface area contributed by atoms with E-state index in [-0.39, 0.29) is 24.3 Å². The first-order valence-electron chi connectivity index (χ1n) is 4.91. The van der Waals surface area contributed by atoms with Crippen molar-refractivity contribution in [3.8, 4) is 5.75 Å². The Morgan fingerprint density at radius 2 is 2.12 bits per heavy atom. The Kier molecular flexibility index (Phi) is 4.81. The van der Waals surface area contributed by atoms with Gasteiger partial charge in [0.05, 0.1) is 13.0 Å². The Morgan fingerprint density at radius 1 is 1.41 bits per heavy atom. The number of alkyl halides is 2. The lowest BCUT2D eigenvalue weighted by Crippen LogP contribution is -2.09. The second-order valence-corrected chi connectivity index (χ2v) is 3.11. The van der Waals surface area contributed by atoms with Crippen molar-refractivity contribution < 1.29 is 27.4 Å². The standard InChI is InChI=1S/C11H11F3O3/c1-2-16-10(15)6-7-5-8(17-11(13)14)3-4-9(7)12/h3-5,11H,2,6H2,1H3. The highest BCUT2D eigenvalue weighted by Gasteiger charge is 2.12. The molecule has 0 spiro atoms. The predicted molar refractivity (Wildman–Crippen MR) is 53.4 cm³/mol. The minimum absolute atomic E-state index is 0.0402. The summed E-state index contributed by atoms with van der Waals surface area (Å²) in [4.78, 5) is 11.1. The summed E-state index contributed by atoms with van der Waals surface area (Å²) in [6.07, 6.45) is -0.319. The van der Waals surface area contributed by atoms with Crippen molar-refractivity contribution in [3.05, 3.63) is 29.6 Å². The molecule has 0 N–H and O–H groups in total. The van der Waals surface area contributed by atoms with Gasteiger partial charge in [-0.3, -0.25) is 4.79 Å². The number of esters is 1. The van der Waals surface area contributed by atoms with Crippen LogP contribution in [0.5, 0.6) is 5.75 Å². The third-order valence-electron chi connectivity index (χ3n) is 1.88. The molecule has 1 aromatic rings. The van der Waals surface area contributed by atoms with Crippen LogP contribution in [0.1, 0.15) is 12.5 Å². The zero-order valence-electron chi connectivity index (χ0n) is 9.08. The molecule has 0 saturated heterocycles. The highest BCUT2D eigenvalue weighted by molar-refractivity contribution is 5.72. The number of ether oxygens (including phenoxy) is 2. The fourth-order valence-corrected chi connectivity index (χ4v) is 1.23.